The third kappa shape index (κ3) is 7.57. The van der Waals surface area contributed by atoms with Crippen LogP contribution in [0.3, 0.4) is 0 Å². The number of carbonyl (C=O) groups excluding carboxylic acids is 1. The van der Waals surface area contributed by atoms with Crippen LogP contribution in [-0.4, -0.2) is 36.2 Å². The minimum Gasteiger partial charge on any atom is -0.384 e. The van der Waals surface area contributed by atoms with Gasteiger partial charge >= 0.3 is 0 Å². The van der Waals surface area contributed by atoms with E-state index in [9.17, 15) is 18.3 Å². The normalized spacial score (nSPS) is 13.5. The van der Waals surface area contributed by atoms with Crippen LogP contribution >= 0.6 is 11.3 Å². The molecule has 0 aliphatic heterocycles. The topological polar surface area (TPSA) is 96.4 Å². The predicted octanol–water partition coefficient (Wildman–Crippen LogP) is 3.30. The minimum atomic E-state index is -3.42. The molecular weight excluding hydrogens is 432 g/mol. The molecule has 0 fully saturated rings. The van der Waals surface area contributed by atoms with Crippen molar-refractivity contribution in [1.82, 2.24) is 10.3 Å². The molecule has 0 unspecified atom stereocenters. The number of hydrogen-bond donors (Lipinski definition) is 2. The zero-order chi connectivity index (χ0) is 22.1. The van der Waals surface area contributed by atoms with Gasteiger partial charge in [-0.2, -0.15) is 0 Å². The maximum Gasteiger partial charge on any atom is 0.221 e. The van der Waals surface area contributed by atoms with Gasteiger partial charge in [0.25, 0.3) is 0 Å². The largest absolute Gasteiger partial charge is 0.384 e. The summed E-state index contributed by atoms with van der Waals surface area (Å²) in [5.41, 5.74) is 1.79. The van der Waals surface area contributed by atoms with E-state index in [-0.39, 0.29) is 17.9 Å². The molecule has 164 valence electrons. The van der Waals surface area contributed by atoms with Crippen LogP contribution in [0, 0.1) is 0 Å². The third-order valence-electron chi connectivity index (χ3n) is 4.89. The van der Waals surface area contributed by atoms with Crippen LogP contribution in [0.4, 0.5) is 0 Å². The highest BCUT2D eigenvalue weighted by Crippen LogP contribution is 2.22. The van der Waals surface area contributed by atoms with Crippen LogP contribution in [0.2, 0.25) is 0 Å². The molecule has 0 spiro atoms. The Morgan fingerprint density at radius 1 is 1.03 bits per heavy atom. The summed E-state index contributed by atoms with van der Waals surface area (Å²) in [6.45, 7) is 0. The lowest BCUT2D eigenvalue weighted by Gasteiger charge is -2.23. The average Bonchev–Trinajstić information content (AvgIpc) is 3.31. The summed E-state index contributed by atoms with van der Waals surface area (Å²) in [4.78, 5) is 16.7. The molecule has 0 radical (unpaired) electrons. The highest BCUT2D eigenvalue weighted by molar-refractivity contribution is 7.90. The van der Waals surface area contributed by atoms with Crippen molar-refractivity contribution in [3.05, 3.63) is 88.4 Å². The lowest BCUT2D eigenvalue weighted by Crippen LogP contribution is -2.40. The van der Waals surface area contributed by atoms with E-state index in [0.717, 1.165) is 5.56 Å². The van der Waals surface area contributed by atoms with Gasteiger partial charge in [0.05, 0.1) is 17.5 Å². The summed E-state index contributed by atoms with van der Waals surface area (Å²) in [6.07, 6.45) is 1.68. The fourth-order valence-electron chi connectivity index (χ4n) is 3.26. The van der Waals surface area contributed by atoms with Gasteiger partial charge in [0.1, 0.15) is 11.1 Å². The van der Waals surface area contributed by atoms with Gasteiger partial charge in [-0.1, -0.05) is 60.7 Å². The summed E-state index contributed by atoms with van der Waals surface area (Å²) in [6, 6.07) is 18.1. The van der Waals surface area contributed by atoms with Crippen LogP contribution in [0.5, 0.6) is 0 Å². The summed E-state index contributed by atoms with van der Waals surface area (Å²) in [5.74, 6) is -0.738. The quantitative estimate of drug-likeness (QED) is 0.460. The smallest absolute Gasteiger partial charge is 0.221 e. The third-order valence-corrected chi connectivity index (χ3v) is 7.33. The monoisotopic (exact) mass is 458 g/mol. The lowest BCUT2D eigenvalue weighted by atomic mass is 10.0. The number of aliphatic hydroxyl groups excluding tert-OH is 1. The zero-order valence-corrected chi connectivity index (χ0v) is 18.7. The van der Waals surface area contributed by atoms with Gasteiger partial charge in [-0.15, -0.1) is 11.3 Å². The molecule has 2 aromatic carbocycles. The molecule has 1 amide bonds. The van der Waals surface area contributed by atoms with Crippen LogP contribution < -0.4 is 5.32 Å². The number of thiazole rings is 1. The number of aromatic nitrogens is 1. The van der Waals surface area contributed by atoms with E-state index in [0.29, 0.717) is 23.4 Å². The number of nitrogens with one attached hydrogen (secondary N) is 1. The Labute approximate surface area is 186 Å². The van der Waals surface area contributed by atoms with Crippen LogP contribution in [0.15, 0.2) is 72.2 Å². The molecule has 6 nitrogen and oxygen atoms in total. The Balaban J connectivity index is 1.59. The standard InChI is InChI=1S/C23H26N2O4S2/c26-21(13-16-31(28,29)17-19-9-5-2-6-10-19)25-20(22(27)23-24-14-15-30-23)12-11-18-7-3-1-4-8-18/h1-10,14-15,20,22,27H,11-13,16-17H2,(H,25,26)/t20-,22+/m1/s1. The van der Waals surface area contributed by atoms with E-state index in [1.165, 1.54) is 11.3 Å². The highest BCUT2D eigenvalue weighted by Gasteiger charge is 2.25. The second-order valence-corrected chi connectivity index (χ2v) is 10.5. The minimum absolute atomic E-state index is 0.0969. The number of carbonyl (C=O) groups is 1. The summed E-state index contributed by atoms with van der Waals surface area (Å²) < 4.78 is 24.8. The molecule has 0 aliphatic carbocycles. The maximum absolute atomic E-state index is 12.5. The Kier molecular flexibility index (Phi) is 8.34. The molecule has 1 heterocycles. The number of amides is 1. The summed E-state index contributed by atoms with van der Waals surface area (Å²) in [7, 11) is -3.42. The van der Waals surface area contributed by atoms with Crippen molar-refractivity contribution in [2.75, 3.05) is 5.75 Å². The van der Waals surface area contributed by atoms with Gasteiger partial charge in [-0.3, -0.25) is 4.79 Å². The molecule has 0 bridgehead atoms. The van der Waals surface area contributed by atoms with E-state index in [1.807, 2.05) is 36.4 Å². The van der Waals surface area contributed by atoms with Crippen molar-refractivity contribution in [2.24, 2.45) is 0 Å². The van der Waals surface area contributed by atoms with Crippen molar-refractivity contribution < 1.29 is 18.3 Å². The molecule has 2 atom stereocenters. The van der Waals surface area contributed by atoms with Gasteiger partial charge in [-0.05, 0) is 24.0 Å². The Morgan fingerprint density at radius 3 is 2.29 bits per heavy atom. The molecule has 0 saturated heterocycles. The van der Waals surface area contributed by atoms with Crippen LogP contribution in [0.25, 0.3) is 0 Å². The molecule has 8 heteroatoms. The van der Waals surface area contributed by atoms with Gasteiger partial charge in [0.15, 0.2) is 9.84 Å². The number of nitrogens with zero attached hydrogens (tertiary/aromatic N) is 1. The van der Waals surface area contributed by atoms with Crippen molar-refractivity contribution >= 4 is 27.1 Å². The van der Waals surface area contributed by atoms with Crippen molar-refractivity contribution in [1.29, 1.82) is 0 Å². The molecule has 0 saturated carbocycles. The SMILES string of the molecule is O=C(CCS(=O)(=O)Cc1ccccc1)N[C@H](CCc1ccccc1)[C@H](O)c1nccs1. The van der Waals surface area contributed by atoms with E-state index in [2.05, 4.69) is 10.3 Å². The molecule has 1 aromatic heterocycles. The number of hydrogen-bond acceptors (Lipinski definition) is 6. The number of aryl methyl sites for hydroxylation is 1. The molecular formula is C23H26N2O4S2. The first-order valence-corrected chi connectivity index (χ1v) is 12.8. The fraction of sp³-hybridized carbons (Fsp3) is 0.304. The first-order chi connectivity index (χ1) is 14.9. The summed E-state index contributed by atoms with van der Waals surface area (Å²) in [5, 5.41) is 15.9. The van der Waals surface area contributed by atoms with Gasteiger partial charge in [0, 0.05) is 18.0 Å². The second kappa shape index (κ2) is 11.2. The van der Waals surface area contributed by atoms with Crippen LogP contribution in [0.1, 0.15) is 35.1 Å². The molecule has 3 rings (SSSR count). The van der Waals surface area contributed by atoms with Gasteiger partial charge in [0.2, 0.25) is 5.91 Å². The molecule has 3 aromatic rings. The van der Waals surface area contributed by atoms with Gasteiger partial charge in [-0.25, -0.2) is 13.4 Å². The number of sulfone groups is 1. The molecule has 2 N–H and O–H groups in total. The van der Waals surface area contributed by atoms with Crippen molar-refractivity contribution in [3.8, 4) is 0 Å². The zero-order valence-electron chi connectivity index (χ0n) is 17.1. The lowest BCUT2D eigenvalue weighted by molar-refractivity contribution is -0.122. The predicted molar refractivity (Wildman–Crippen MR) is 122 cm³/mol. The molecule has 0 aliphatic rings. The number of aliphatic hydroxyl groups is 1. The Hall–Kier alpha value is -2.55. The van der Waals surface area contributed by atoms with E-state index >= 15 is 0 Å². The molecule has 31 heavy (non-hydrogen) atoms. The number of benzene rings is 2. The van der Waals surface area contributed by atoms with E-state index < -0.39 is 27.9 Å². The van der Waals surface area contributed by atoms with E-state index in [1.54, 1.807) is 35.8 Å². The van der Waals surface area contributed by atoms with Crippen molar-refractivity contribution in [2.45, 2.75) is 37.2 Å². The Morgan fingerprint density at radius 2 is 1.68 bits per heavy atom. The number of rotatable bonds is 11. The highest BCUT2D eigenvalue weighted by atomic mass is 32.2. The maximum atomic E-state index is 12.5. The average molecular weight is 459 g/mol. The first kappa shape index (κ1) is 23.1. The summed E-state index contributed by atoms with van der Waals surface area (Å²) >= 11 is 1.32. The first-order valence-electron chi connectivity index (χ1n) is 10.1. The fourth-order valence-corrected chi connectivity index (χ4v) is 5.28. The van der Waals surface area contributed by atoms with Crippen molar-refractivity contribution in [3.63, 3.8) is 0 Å². The van der Waals surface area contributed by atoms with E-state index in [4.69, 9.17) is 0 Å². The van der Waals surface area contributed by atoms with Gasteiger partial charge < -0.3 is 10.4 Å². The van der Waals surface area contributed by atoms with Crippen LogP contribution in [-0.2, 0) is 26.8 Å². The Bertz CT molecular complexity index is 1040. The second-order valence-electron chi connectivity index (χ2n) is 7.34.